The number of hydrogen-bond acceptors (Lipinski definition) is 3. The summed E-state index contributed by atoms with van der Waals surface area (Å²) in [6.45, 7) is 2.94. The number of benzene rings is 1. The third-order valence-electron chi connectivity index (χ3n) is 5.51. The molecule has 1 unspecified atom stereocenters. The molecule has 1 aromatic rings. The van der Waals surface area contributed by atoms with Crippen molar-refractivity contribution in [1.82, 2.24) is 10.2 Å². The first-order valence-corrected chi connectivity index (χ1v) is 9.23. The van der Waals surface area contributed by atoms with Crippen molar-refractivity contribution >= 4 is 29.3 Å². The minimum atomic E-state index is -0.786. The number of rotatable bonds is 4. The van der Waals surface area contributed by atoms with Crippen LogP contribution in [0.3, 0.4) is 0 Å². The van der Waals surface area contributed by atoms with E-state index in [0.29, 0.717) is 19.5 Å². The number of amides is 3. The summed E-state index contributed by atoms with van der Waals surface area (Å²) in [6.07, 6.45) is 2.29. The van der Waals surface area contributed by atoms with Crippen molar-refractivity contribution in [3.8, 4) is 0 Å². The lowest BCUT2D eigenvalue weighted by Crippen LogP contribution is -2.39. The molecule has 140 valence electrons. The van der Waals surface area contributed by atoms with Gasteiger partial charge in [0.15, 0.2) is 0 Å². The Hall–Kier alpha value is -1.95. The van der Waals surface area contributed by atoms with Gasteiger partial charge in [0.1, 0.15) is 5.82 Å². The topological polar surface area (TPSA) is 66.5 Å². The lowest BCUT2D eigenvalue weighted by Gasteiger charge is -2.33. The molecule has 5 nitrogen and oxygen atoms in total. The first-order valence-electron chi connectivity index (χ1n) is 8.85. The normalized spacial score (nSPS) is 24.0. The molecular formula is C19H22ClFN2O3. The van der Waals surface area contributed by atoms with Crippen molar-refractivity contribution < 1.29 is 18.8 Å². The van der Waals surface area contributed by atoms with Crippen LogP contribution in [0.2, 0.25) is 5.02 Å². The number of carbonyl (C=O) groups excluding carboxylic acids is 3. The molecule has 0 aliphatic carbocycles. The summed E-state index contributed by atoms with van der Waals surface area (Å²) in [5, 5.41) is 2.42. The maximum Gasteiger partial charge on any atom is 0.233 e. The fourth-order valence-corrected chi connectivity index (χ4v) is 3.85. The number of carbonyl (C=O) groups is 3. The molecular weight excluding hydrogens is 359 g/mol. The molecule has 7 heteroatoms. The van der Waals surface area contributed by atoms with E-state index in [4.69, 9.17) is 11.6 Å². The Balaban J connectivity index is 1.51. The van der Waals surface area contributed by atoms with Gasteiger partial charge in [0.25, 0.3) is 0 Å². The van der Waals surface area contributed by atoms with E-state index in [1.165, 1.54) is 6.07 Å². The summed E-state index contributed by atoms with van der Waals surface area (Å²) in [5.41, 5.74) is 0.124. The third-order valence-corrected chi connectivity index (χ3v) is 5.81. The molecule has 1 atom stereocenters. The zero-order valence-corrected chi connectivity index (χ0v) is 15.4. The molecule has 2 fully saturated rings. The first kappa shape index (κ1) is 18.8. The average Bonchev–Trinajstić information content (AvgIpc) is 2.87. The summed E-state index contributed by atoms with van der Waals surface area (Å²) < 4.78 is 13.6. The van der Waals surface area contributed by atoms with Crippen LogP contribution in [-0.2, 0) is 14.4 Å². The van der Waals surface area contributed by atoms with Crippen LogP contribution in [0.25, 0.3) is 0 Å². The molecule has 0 saturated carbocycles. The van der Waals surface area contributed by atoms with Gasteiger partial charge in [0.05, 0.1) is 10.4 Å². The summed E-state index contributed by atoms with van der Waals surface area (Å²) in [6, 6.07) is 4.88. The van der Waals surface area contributed by atoms with Crippen molar-refractivity contribution in [2.75, 3.05) is 13.1 Å². The quantitative estimate of drug-likeness (QED) is 0.816. The minimum absolute atomic E-state index is 0.000823. The Morgan fingerprint density at radius 3 is 2.62 bits per heavy atom. The maximum absolute atomic E-state index is 13.6. The average molecular weight is 381 g/mol. The predicted octanol–water partition coefficient (Wildman–Crippen LogP) is 3.02. The summed E-state index contributed by atoms with van der Waals surface area (Å²) in [4.78, 5) is 37.5. The van der Waals surface area contributed by atoms with Crippen LogP contribution >= 0.6 is 11.6 Å². The monoisotopic (exact) mass is 380 g/mol. The zero-order chi connectivity index (χ0) is 18.9. The molecule has 1 N–H and O–H groups in total. The zero-order valence-electron chi connectivity index (χ0n) is 14.7. The number of imide groups is 1. The Morgan fingerprint density at radius 2 is 2.04 bits per heavy atom. The number of halogens is 2. The van der Waals surface area contributed by atoms with Gasteiger partial charge in [-0.3, -0.25) is 19.7 Å². The molecule has 2 saturated heterocycles. The standard InChI is InChI=1S/C19H22ClFN2O3/c1-19(11-16(24)22-18(19)26)7-4-17(25)23-8-5-12(6-9-23)13-2-3-14(20)15(21)10-13/h2-3,10,12H,4-9,11H2,1H3,(H,22,24,26). The van der Waals surface area contributed by atoms with Gasteiger partial charge in [-0.2, -0.15) is 0 Å². The van der Waals surface area contributed by atoms with Crippen molar-refractivity contribution in [3.05, 3.63) is 34.6 Å². The van der Waals surface area contributed by atoms with Crippen LogP contribution in [0.15, 0.2) is 18.2 Å². The predicted molar refractivity (Wildman–Crippen MR) is 95.1 cm³/mol. The van der Waals surface area contributed by atoms with Crippen molar-refractivity contribution in [2.24, 2.45) is 5.41 Å². The highest BCUT2D eigenvalue weighted by atomic mass is 35.5. The summed E-state index contributed by atoms with van der Waals surface area (Å²) >= 11 is 5.73. The van der Waals surface area contributed by atoms with E-state index in [9.17, 15) is 18.8 Å². The highest BCUT2D eigenvalue weighted by molar-refractivity contribution is 6.30. The molecule has 0 bridgehead atoms. The second-order valence-electron chi connectivity index (χ2n) is 7.44. The summed E-state index contributed by atoms with van der Waals surface area (Å²) in [7, 11) is 0. The Kier molecular flexibility index (Phi) is 5.32. The SMILES string of the molecule is CC1(CCC(=O)N2CCC(c3ccc(Cl)c(F)c3)CC2)CC(=O)NC1=O. The molecule has 0 radical (unpaired) electrons. The smallest absolute Gasteiger partial charge is 0.233 e. The van der Waals surface area contributed by atoms with Crippen LogP contribution in [0.5, 0.6) is 0 Å². The van der Waals surface area contributed by atoms with Crippen molar-refractivity contribution in [1.29, 1.82) is 0 Å². The highest BCUT2D eigenvalue weighted by Gasteiger charge is 2.42. The van der Waals surface area contributed by atoms with Gasteiger partial charge in [-0.15, -0.1) is 0 Å². The van der Waals surface area contributed by atoms with E-state index in [0.717, 1.165) is 18.4 Å². The Morgan fingerprint density at radius 1 is 1.35 bits per heavy atom. The van der Waals surface area contributed by atoms with Gasteiger partial charge in [0.2, 0.25) is 17.7 Å². The maximum atomic E-state index is 13.6. The molecule has 2 heterocycles. The van der Waals surface area contributed by atoms with E-state index in [-0.39, 0.29) is 41.5 Å². The Labute approximate surface area is 156 Å². The van der Waals surface area contributed by atoms with Gasteiger partial charge >= 0.3 is 0 Å². The molecule has 0 spiro atoms. The van der Waals surface area contributed by atoms with E-state index in [1.54, 1.807) is 17.9 Å². The number of piperidine rings is 1. The van der Waals surface area contributed by atoms with Crippen molar-refractivity contribution in [3.63, 3.8) is 0 Å². The van der Waals surface area contributed by atoms with E-state index < -0.39 is 11.2 Å². The lowest BCUT2D eigenvalue weighted by molar-refractivity contribution is -0.133. The van der Waals surface area contributed by atoms with E-state index in [1.807, 2.05) is 6.07 Å². The highest BCUT2D eigenvalue weighted by Crippen LogP contribution is 2.34. The lowest BCUT2D eigenvalue weighted by atomic mass is 9.83. The second kappa shape index (κ2) is 7.35. The van der Waals surface area contributed by atoms with Gasteiger partial charge in [0, 0.05) is 25.9 Å². The fraction of sp³-hybridized carbons (Fsp3) is 0.526. The van der Waals surface area contributed by atoms with E-state index >= 15 is 0 Å². The van der Waals surface area contributed by atoms with Crippen LogP contribution in [0.1, 0.15) is 50.5 Å². The molecule has 1 aromatic carbocycles. The fourth-order valence-electron chi connectivity index (χ4n) is 3.73. The number of likely N-dealkylation sites (tertiary alicyclic amines) is 1. The van der Waals surface area contributed by atoms with E-state index in [2.05, 4.69) is 5.32 Å². The second-order valence-corrected chi connectivity index (χ2v) is 7.85. The minimum Gasteiger partial charge on any atom is -0.343 e. The number of hydrogen-bond donors (Lipinski definition) is 1. The van der Waals surface area contributed by atoms with Crippen molar-refractivity contribution in [2.45, 2.75) is 44.9 Å². The van der Waals surface area contributed by atoms with Gasteiger partial charge in [-0.05, 0) is 42.9 Å². The van der Waals surface area contributed by atoms with Gasteiger partial charge in [-0.1, -0.05) is 24.6 Å². The van der Waals surface area contributed by atoms with Crippen LogP contribution in [-0.4, -0.2) is 35.7 Å². The third kappa shape index (κ3) is 3.90. The van der Waals surface area contributed by atoms with Crippen LogP contribution in [0.4, 0.5) is 4.39 Å². The Bertz CT molecular complexity index is 746. The molecule has 2 aliphatic rings. The largest absolute Gasteiger partial charge is 0.343 e. The molecule has 2 aliphatic heterocycles. The molecule has 26 heavy (non-hydrogen) atoms. The number of nitrogens with one attached hydrogen (secondary N) is 1. The number of nitrogens with zero attached hydrogens (tertiary/aromatic N) is 1. The summed E-state index contributed by atoms with van der Waals surface area (Å²) in [5.74, 6) is -0.777. The van der Waals surface area contributed by atoms with Gasteiger partial charge < -0.3 is 4.90 Å². The van der Waals surface area contributed by atoms with Gasteiger partial charge in [-0.25, -0.2) is 4.39 Å². The van der Waals surface area contributed by atoms with Crippen LogP contribution < -0.4 is 5.32 Å². The first-order chi connectivity index (χ1) is 12.3. The molecule has 0 aromatic heterocycles. The van der Waals surface area contributed by atoms with Crippen LogP contribution in [0, 0.1) is 11.2 Å². The molecule has 3 rings (SSSR count). The molecule has 3 amide bonds.